The van der Waals surface area contributed by atoms with E-state index in [-0.39, 0.29) is 11.5 Å². The average molecular weight is 260 g/mol. The summed E-state index contributed by atoms with van der Waals surface area (Å²) in [5, 5.41) is 9.95. The Balaban J connectivity index is 2.13. The third-order valence-electron chi connectivity index (χ3n) is 3.52. The first-order valence-electron chi connectivity index (χ1n) is 7.12. The summed E-state index contributed by atoms with van der Waals surface area (Å²) in [6.07, 6.45) is 4.54. The van der Waals surface area contributed by atoms with Crippen LogP contribution in [-0.4, -0.2) is 17.8 Å². The number of hydrogen-bond donors (Lipinski definition) is 1. The van der Waals surface area contributed by atoms with Gasteiger partial charge in [-0.1, -0.05) is 39.0 Å². The molecule has 0 radical (unpaired) electrons. The van der Waals surface area contributed by atoms with E-state index in [4.69, 9.17) is 4.74 Å². The summed E-state index contributed by atoms with van der Waals surface area (Å²) in [6.45, 7) is 7.28. The second-order valence-corrected chi connectivity index (χ2v) is 6.18. The van der Waals surface area contributed by atoms with Crippen molar-refractivity contribution in [2.75, 3.05) is 6.61 Å². The van der Waals surface area contributed by atoms with E-state index in [9.17, 15) is 5.11 Å². The van der Waals surface area contributed by atoms with Gasteiger partial charge in [0.2, 0.25) is 0 Å². The van der Waals surface area contributed by atoms with E-state index in [0.29, 0.717) is 0 Å². The van der Waals surface area contributed by atoms with Gasteiger partial charge in [-0.05, 0) is 47.9 Å². The summed E-state index contributed by atoms with van der Waals surface area (Å²) < 4.78 is 5.59. The van der Waals surface area contributed by atoms with Crippen LogP contribution < -0.4 is 4.74 Å². The average Bonchev–Trinajstić information content (AvgIpc) is 2.34. The summed E-state index contributed by atoms with van der Waals surface area (Å²) in [5.41, 5.74) is 2.60. The number of hydrogen-bond acceptors (Lipinski definition) is 2. The fourth-order valence-electron chi connectivity index (χ4n) is 2.69. The number of rotatable bonds is 4. The lowest BCUT2D eigenvalue weighted by atomic mass is 9.74. The molecule has 0 bridgehead atoms. The Bertz CT molecular complexity index is 443. The van der Waals surface area contributed by atoms with Crippen LogP contribution >= 0.6 is 0 Å². The van der Waals surface area contributed by atoms with Gasteiger partial charge >= 0.3 is 0 Å². The molecule has 1 atom stereocenters. The summed E-state index contributed by atoms with van der Waals surface area (Å²) in [6, 6.07) is 8.20. The minimum Gasteiger partial charge on any atom is -0.494 e. The van der Waals surface area contributed by atoms with Crippen LogP contribution in [0, 0.1) is 5.41 Å². The van der Waals surface area contributed by atoms with E-state index < -0.39 is 0 Å². The summed E-state index contributed by atoms with van der Waals surface area (Å²) in [5.74, 6) is 0.918. The molecular weight excluding hydrogens is 236 g/mol. The molecule has 1 aliphatic carbocycles. The second kappa shape index (κ2) is 5.79. The maximum atomic E-state index is 9.95. The van der Waals surface area contributed by atoms with Crippen LogP contribution in [0.25, 0.3) is 5.57 Å². The summed E-state index contributed by atoms with van der Waals surface area (Å²) in [4.78, 5) is 0. The molecule has 1 aliphatic rings. The van der Waals surface area contributed by atoms with Crippen molar-refractivity contribution >= 4 is 5.57 Å². The third-order valence-corrected chi connectivity index (χ3v) is 3.52. The standard InChI is InChI=1S/C17H24O2/c1-4-9-19-16-7-5-13(6-8-16)14-10-15(18)12-17(2,3)11-14/h5-8,10,15,18H,4,9,11-12H2,1-3H3. The first kappa shape index (κ1) is 14.1. The Morgan fingerprint density at radius 1 is 1.26 bits per heavy atom. The largest absolute Gasteiger partial charge is 0.494 e. The van der Waals surface area contributed by atoms with Crippen molar-refractivity contribution in [1.29, 1.82) is 0 Å². The third kappa shape index (κ3) is 3.84. The van der Waals surface area contributed by atoms with E-state index in [2.05, 4.69) is 32.9 Å². The number of aliphatic hydroxyl groups excluding tert-OH is 1. The Morgan fingerprint density at radius 3 is 2.53 bits per heavy atom. The van der Waals surface area contributed by atoms with Crippen LogP contribution in [-0.2, 0) is 0 Å². The van der Waals surface area contributed by atoms with Gasteiger partial charge in [-0.3, -0.25) is 0 Å². The monoisotopic (exact) mass is 260 g/mol. The van der Waals surface area contributed by atoms with Crippen LogP contribution in [0.2, 0.25) is 0 Å². The zero-order chi connectivity index (χ0) is 13.9. The molecule has 0 amide bonds. The van der Waals surface area contributed by atoms with Crippen molar-refractivity contribution < 1.29 is 9.84 Å². The molecule has 0 saturated carbocycles. The smallest absolute Gasteiger partial charge is 0.119 e. The molecule has 0 heterocycles. The highest BCUT2D eigenvalue weighted by Gasteiger charge is 2.28. The molecule has 0 fully saturated rings. The van der Waals surface area contributed by atoms with Crippen LogP contribution in [0.15, 0.2) is 30.3 Å². The predicted molar refractivity (Wildman–Crippen MR) is 79.2 cm³/mol. The SMILES string of the molecule is CCCOc1ccc(C2=CC(O)CC(C)(C)C2)cc1. The molecule has 2 heteroatoms. The van der Waals surface area contributed by atoms with E-state index in [1.807, 2.05) is 18.2 Å². The molecule has 2 rings (SSSR count). The van der Waals surface area contributed by atoms with Crippen molar-refractivity contribution in [3.8, 4) is 5.75 Å². The van der Waals surface area contributed by atoms with Gasteiger partial charge in [-0.25, -0.2) is 0 Å². The molecule has 19 heavy (non-hydrogen) atoms. The zero-order valence-corrected chi connectivity index (χ0v) is 12.1. The summed E-state index contributed by atoms with van der Waals surface area (Å²) >= 11 is 0. The highest BCUT2D eigenvalue weighted by Crippen LogP contribution is 2.39. The van der Waals surface area contributed by atoms with Gasteiger partial charge in [0.05, 0.1) is 12.7 Å². The fraction of sp³-hybridized carbons (Fsp3) is 0.529. The lowest BCUT2D eigenvalue weighted by Crippen LogP contribution is -2.24. The molecule has 1 unspecified atom stereocenters. The molecule has 2 nitrogen and oxygen atoms in total. The lowest BCUT2D eigenvalue weighted by Gasteiger charge is -2.32. The van der Waals surface area contributed by atoms with E-state index in [1.54, 1.807) is 0 Å². The highest BCUT2D eigenvalue weighted by molar-refractivity contribution is 5.68. The number of benzene rings is 1. The van der Waals surface area contributed by atoms with Crippen molar-refractivity contribution in [3.63, 3.8) is 0 Å². The number of aliphatic hydroxyl groups is 1. The molecule has 0 aliphatic heterocycles. The second-order valence-electron chi connectivity index (χ2n) is 6.18. The fourth-order valence-corrected chi connectivity index (χ4v) is 2.69. The summed E-state index contributed by atoms with van der Waals surface area (Å²) in [7, 11) is 0. The molecule has 0 spiro atoms. The molecule has 0 aromatic heterocycles. The Hall–Kier alpha value is -1.28. The topological polar surface area (TPSA) is 29.5 Å². The van der Waals surface area contributed by atoms with Crippen molar-refractivity contribution in [1.82, 2.24) is 0 Å². The van der Waals surface area contributed by atoms with Gasteiger partial charge in [0.1, 0.15) is 5.75 Å². The number of ether oxygens (including phenoxy) is 1. The van der Waals surface area contributed by atoms with Crippen molar-refractivity contribution in [3.05, 3.63) is 35.9 Å². The molecular formula is C17H24O2. The maximum absolute atomic E-state index is 9.95. The molecule has 1 N–H and O–H groups in total. The van der Waals surface area contributed by atoms with E-state index in [0.717, 1.165) is 31.6 Å². The van der Waals surface area contributed by atoms with Gasteiger partial charge in [-0.2, -0.15) is 0 Å². The van der Waals surface area contributed by atoms with Gasteiger partial charge in [0.25, 0.3) is 0 Å². The van der Waals surface area contributed by atoms with Crippen LogP contribution in [0.4, 0.5) is 0 Å². The van der Waals surface area contributed by atoms with Crippen molar-refractivity contribution in [2.45, 2.75) is 46.1 Å². The van der Waals surface area contributed by atoms with E-state index in [1.165, 1.54) is 11.1 Å². The molecule has 104 valence electrons. The zero-order valence-electron chi connectivity index (χ0n) is 12.1. The molecule has 1 aromatic carbocycles. The minimum absolute atomic E-state index is 0.168. The lowest BCUT2D eigenvalue weighted by molar-refractivity contribution is 0.146. The van der Waals surface area contributed by atoms with Gasteiger partial charge < -0.3 is 9.84 Å². The highest BCUT2D eigenvalue weighted by atomic mass is 16.5. The number of allylic oxidation sites excluding steroid dienone is 1. The van der Waals surface area contributed by atoms with Crippen LogP contribution in [0.5, 0.6) is 5.75 Å². The first-order valence-corrected chi connectivity index (χ1v) is 7.12. The van der Waals surface area contributed by atoms with Gasteiger partial charge in [-0.15, -0.1) is 0 Å². The van der Waals surface area contributed by atoms with Gasteiger partial charge in [0.15, 0.2) is 0 Å². The molecule has 0 saturated heterocycles. The molecule has 1 aromatic rings. The maximum Gasteiger partial charge on any atom is 0.119 e. The van der Waals surface area contributed by atoms with E-state index >= 15 is 0 Å². The normalized spacial score (nSPS) is 21.9. The minimum atomic E-state index is -0.324. The first-order chi connectivity index (χ1) is 9.00. The predicted octanol–water partition coefficient (Wildman–Crippen LogP) is 4.04. The van der Waals surface area contributed by atoms with Crippen LogP contribution in [0.3, 0.4) is 0 Å². The van der Waals surface area contributed by atoms with Crippen LogP contribution in [0.1, 0.15) is 45.6 Å². The van der Waals surface area contributed by atoms with Gasteiger partial charge in [0, 0.05) is 0 Å². The quantitative estimate of drug-likeness (QED) is 0.885. The Kier molecular flexibility index (Phi) is 4.31. The van der Waals surface area contributed by atoms with Crippen molar-refractivity contribution in [2.24, 2.45) is 5.41 Å². The Labute approximate surface area is 116 Å². The Morgan fingerprint density at radius 2 is 1.95 bits per heavy atom.